The zero-order chi connectivity index (χ0) is 22.0. The third-order valence-electron chi connectivity index (χ3n) is 5.09. The number of ether oxygens (including phenoxy) is 1. The van der Waals surface area contributed by atoms with Gasteiger partial charge in [-0.1, -0.05) is 0 Å². The van der Waals surface area contributed by atoms with Crippen LogP contribution < -0.4 is 15.8 Å². The number of sulfonamides is 1. The molecule has 1 fully saturated rings. The van der Waals surface area contributed by atoms with Gasteiger partial charge in [-0.25, -0.2) is 13.2 Å². The van der Waals surface area contributed by atoms with Gasteiger partial charge in [-0.15, -0.1) is 0 Å². The molecule has 3 aromatic rings. The van der Waals surface area contributed by atoms with Crippen LogP contribution in [0.1, 0.15) is 19.8 Å². The van der Waals surface area contributed by atoms with Crippen LogP contribution in [0.15, 0.2) is 56.6 Å². The van der Waals surface area contributed by atoms with E-state index in [4.69, 9.17) is 9.15 Å². The predicted molar refractivity (Wildman–Crippen MR) is 115 cm³/mol. The summed E-state index contributed by atoms with van der Waals surface area (Å²) >= 11 is 0. The summed E-state index contributed by atoms with van der Waals surface area (Å²) in [7, 11) is -3.63. The number of carbonyl (C=O) groups excluding carboxylic acids is 1. The molecule has 4 rings (SSSR count). The maximum absolute atomic E-state index is 12.7. The minimum absolute atomic E-state index is 0.0710. The highest BCUT2D eigenvalue weighted by molar-refractivity contribution is 7.89. The Balaban J connectivity index is 1.53. The molecule has 1 N–H and O–H groups in total. The van der Waals surface area contributed by atoms with Crippen molar-refractivity contribution in [3.63, 3.8) is 0 Å². The molecule has 0 aliphatic carbocycles. The summed E-state index contributed by atoms with van der Waals surface area (Å²) in [4.78, 5) is 24.8. The Morgan fingerprint density at radius 1 is 1.13 bits per heavy atom. The van der Waals surface area contributed by atoms with Crippen molar-refractivity contribution in [3.05, 3.63) is 53.0 Å². The fourth-order valence-electron chi connectivity index (χ4n) is 3.58. The van der Waals surface area contributed by atoms with Crippen LogP contribution >= 0.6 is 0 Å². The summed E-state index contributed by atoms with van der Waals surface area (Å²) in [5.74, 6) is -0.451. The van der Waals surface area contributed by atoms with Gasteiger partial charge in [0.25, 0.3) is 0 Å². The molecule has 0 unspecified atom stereocenters. The van der Waals surface area contributed by atoms with Crippen LogP contribution in [-0.2, 0) is 21.4 Å². The number of hydrogen-bond donors (Lipinski definition) is 1. The van der Waals surface area contributed by atoms with Crippen molar-refractivity contribution in [1.82, 2.24) is 8.87 Å². The van der Waals surface area contributed by atoms with Crippen molar-refractivity contribution in [3.8, 4) is 5.75 Å². The number of fused-ring (bicyclic) bond motifs is 1. The van der Waals surface area contributed by atoms with Crippen LogP contribution in [0, 0.1) is 0 Å². The van der Waals surface area contributed by atoms with Crippen molar-refractivity contribution in [2.75, 3.05) is 25.0 Å². The van der Waals surface area contributed by atoms with E-state index < -0.39 is 21.7 Å². The largest absolute Gasteiger partial charge is 0.494 e. The molecule has 9 nitrogen and oxygen atoms in total. The third kappa shape index (κ3) is 4.35. The minimum atomic E-state index is -3.63. The average Bonchev–Trinajstić information content (AvgIpc) is 3.38. The summed E-state index contributed by atoms with van der Waals surface area (Å²) < 4.78 is 38.7. The number of oxazole rings is 1. The average molecular weight is 445 g/mol. The maximum Gasteiger partial charge on any atom is 0.420 e. The lowest BCUT2D eigenvalue weighted by atomic mass is 10.3. The van der Waals surface area contributed by atoms with Gasteiger partial charge >= 0.3 is 5.76 Å². The molecule has 0 spiro atoms. The number of carbonyl (C=O) groups is 1. The van der Waals surface area contributed by atoms with Gasteiger partial charge in [-0.05, 0) is 56.2 Å². The molecule has 2 heterocycles. The number of rotatable bonds is 7. The van der Waals surface area contributed by atoms with E-state index in [9.17, 15) is 18.0 Å². The lowest BCUT2D eigenvalue weighted by Gasteiger charge is -2.15. The van der Waals surface area contributed by atoms with E-state index in [1.54, 1.807) is 24.3 Å². The summed E-state index contributed by atoms with van der Waals surface area (Å²) in [6, 6.07) is 11.1. The molecule has 1 aliphatic heterocycles. The van der Waals surface area contributed by atoms with Gasteiger partial charge in [0, 0.05) is 24.8 Å². The van der Waals surface area contributed by atoms with E-state index in [0.29, 0.717) is 36.6 Å². The van der Waals surface area contributed by atoms with E-state index in [-0.39, 0.29) is 17.0 Å². The molecule has 1 saturated heterocycles. The number of amides is 1. The SMILES string of the molecule is CCOc1ccc(NC(=O)Cn2c(=O)oc3cc(S(=O)(=O)N4CCCC4)ccc32)cc1. The zero-order valence-corrected chi connectivity index (χ0v) is 17.9. The van der Waals surface area contributed by atoms with Gasteiger partial charge in [0.15, 0.2) is 5.58 Å². The Morgan fingerprint density at radius 3 is 2.52 bits per heavy atom. The normalized spacial score (nSPS) is 14.7. The number of nitrogens with one attached hydrogen (secondary N) is 1. The Labute approximate surface area is 179 Å². The van der Waals surface area contributed by atoms with Gasteiger partial charge < -0.3 is 14.5 Å². The molecule has 1 aromatic heterocycles. The Bertz CT molecular complexity index is 1250. The molecular formula is C21H23N3O6S. The second-order valence-electron chi connectivity index (χ2n) is 7.20. The van der Waals surface area contributed by atoms with Crippen molar-refractivity contribution in [2.45, 2.75) is 31.2 Å². The Morgan fingerprint density at radius 2 is 1.84 bits per heavy atom. The zero-order valence-electron chi connectivity index (χ0n) is 17.0. The molecule has 164 valence electrons. The van der Waals surface area contributed by atoms with E-state index in [0.717, 1.165) is 12.8 Å². The van der Waals surface area contributed by atoms with Gasteiger partial charge in [-0.3, -0.25) is 9.36 Å². The van der Waals surface area contributed by atoms with Crippen molar-refractivity contribution >= 4 is 32.7 Å². The first-order valence-electron chi connectivity index (χ1n) is 10.0. The Kier molecular flexibility index (Phi) is 5.84. The quantitative estimate of drug-likeness (QED) is 0.598. The summed E-state index contributed by atoms with van der Waals surface area (Å²) in [6.45, 7) is 3.13. The first kappa shape index (κ1) is 21.1. The first-order valence-corrected chi connectivity index (χ1v) is 11.5. The van der Waals surface area contributed by atoms with Crippen molar-refractivity contribution < 1.29 is 22.4 Å². The van der Waals surface area contributed by atoms with Gasteiger partial charge in [0.05, 0.1) is 17.0 Å². The topological polar surface area (TPSA) is 111 Å². The second-order valence-corrected chi connectivity index (χ2v) is 9.14. The lowest BCUT2D eigenvalue weighted by Crippen LogP contribution is -2.27. The molecule has 0 saturated carbocycles. The summed E-state index contributed by atoms with van der Waals surface area (Å²) in [6.07, 6.45) is 1.66. The van der Waals surface area contributed by atoms with Crippen LogP contribution in [0.5, 0.6) is 5.75 Å². The molecule has 1 aliphatic rings. The fourth-order valence-corrected chi connectivity index (χ4v) is 5.11. The van der Waals surface area contributed by atoms with Gasteiger partial charge in [-0.2, -0.15) is 4.31 Å². The predicted octanol–water partition coefficient (Wildman–Crippen LogP) is 2.42. The van der Waals surface area contributed by atoms with Crippen LogP contribution in [0.2, 0.25) is 0 Å². The molecule has 31 heavy (non-hydrogen) atoms. The molecule has 10 heteroatoms. The molecule has 2 aromatic carbocycles. The molecule has 0 radical (unpaired) electrons. The van der Waals surface area contributed by atoms with E-state index in [1.165, 1.54) is 27.1 Å². The maximum atomic E-state index is 12.7. The molecule has 0 atom stereocenters. The van der Waals surface area contributed by atoms with E-state index in [1.807, 2.05) is 6.92 Å². The molecule has 1 amide bonds. The number of nitrogens with zero attached hydrogens (tertiary/aromatic N) is 2. The highest BCUT2D eigenvalue weighted by atomic mass is 32.2. The third-order valence-corrected chi connectivity index (χ3v) is 6.99. The summed E-state index contributed by atoms with van der Waals surface area (Å²) in [5.41, 5.74) is 1.04. The van der Waals surface area contributed by atoms with E-state index >= 15 is 0 Å². The van der Waals surface area contributed by atoms with Crippen LogP contribution in [0.3, 0.4) is 0 Å². The van der Waals surface area contributed by atoms with Crippen LogP contribution in [0.25, 0.3) is 11.1 Å². The minimum Gasteiger partial charge on any atom is -0.494 e. The highest BCUT2D eigenvalue weighted by Gasteiger charge is 2.28. The molecular weight excluding hydrogens is 422 g/mol. The van der Waals surface area contributed by atoms with Gasteiger partial charge in [0.1, 0.15) is 12.3 Å². The van der Waals surface area contributed by atoms with Crippen LogP contribution in [0.4, 0.5) is 5.69 Å². The second kappa shape index (κ2) is 8.56. The number of aromatic nitrogens is 1. The van der Waals surface area contributed by atoms with Crippen molar-refractivity contribution in [2.24, 2.45) is 0 Å². The Hall–Kier alpha value is -3.11. The number of hydrogen-bond acceptors (Lipinski definition) is 6. The number of benzene rings is 2. The lowest BCUT2D eigenvalue weighted by molar-refractivity contribution is -0.116. The highest BCUT2D eigenvalue weighted by Crippen LogP contribution is 2.24. The molecule has 0 bridgehead atoms. The standard InChI is InChI=1S/C21H23N3O6S/c1-2-29-16-7-5-15(6-8-16)22-20(25)14-24-18-10-9-17(13-19(18)30-21(24)26)31(27,28)23-11-3-4-12-23/h5-10,13H,2-4,11-12,14H2,1H3,(H,22,25). The van der Waals surface area contributed by atoms with Crippen LogP contribution in [-0.4, -0.2) is 42.9 Å². The van der Waals surface area contributed by atoms with Crippen molar-refractivity contribution in [1.29, 1.82) is 0 Å². The summed E-state index contributed by atoms with van der Waals surface area (Å²) in [5, 5.41) is 2.72. The number of anilines is 1. The van der Waals surface area contributed by atoms with Gasteiger partial charge in [0.2, 0.25) is 15.9 Å². The van der Waals surface area contributed by atoms with E-state index in [2.05, 4.69) is 5.32 Å². The monoisotopic (exact) mass is 445 g/mol. The smallest absolute Gasteiger partial charge is 0.420 e. The fraction of sp³-hybridized carbons (Fsp3) is 0.333. The first-order chi connectivity index (χ1) is 14.9.